The van der Waals surface area contributed by atoms with E-state index in [0.717, 1.165) is 0 Å². The van der Waals surface area contributed by atoms with Gasteiger partial charge in [0.05, 0.1) is 0 Å². The molecule has 0 saturated heterocycles. The Morgan fingerprint density at radius 2 is 1.50 bits per heavy atom. The molecule has 0 nitrogen and oxygen atoms in total. The number of rotatable bonds is 2. The monoisotopic (exact) mass is 136 g/mol. The predicted octanol–water partition coefficient (Wildman–Crippen LogP) is 1.03. The van der Waals surface area contributed by atoms with Crippen molar-refractivity contribution >= 4 is 9.52 Å². The van der Waals surface area contributed by atoms with Gasteiger partial charge in [0.1, 0.15) is 0 Å². The van der Waals surface area contributed by atoms with E-state index < -0.39 is 0 Å². The van der Waals surface area contributed by atoms with Gasteiger partial charge in [-0.3, -0.25) is 0 Å². The average molecular weight is 136 g/mol. The summed E-state index contributed by atoms with van der Waals surface area (Å²) in [4.78, 5) is 0. The summed E-state index contributed by atoms with van der Waals surface area (Å²) in [5, 5.41) is 0. The first kappa shape index (κ1) is 10.0. The van der Waals surface area contributed by atoms with Crippen molar-refractivity contribution in [3.05, 3.63) is 0 Å². The zero-order valence-electron chi connectivity index (χ0n) is 4.62. The maximum absolute atomic E-state index is 2.27. The molecule has 0 rings (SSSR count). The smallest absolute Gasteiger partial charge is 0.0192 e. The van der Waals surface area contributed by atoms with Gasteiger partial charge in [-0.1, -0.05) is 25.9 Å². The van der Waals surface area contributed by atoms with Crippen molar-refractivity contribution in [3.8, 4) is 0 Å². The second-order valence-corrected chi connectivity index (χ2v) is 4.06. The molecule has 0 aliphatic heterocycles. The Balaban J connectivity index is 0. The van der Waals surface area contributed by atoms with E-state index >= 15 is 0 Å². The van der Waals surface area contributed by atoms with E-state index in [1.165, 1.54) is 12.1 Å². The molecule has 0 aromatic rings. The van der Waals surface area contributed by atoms with Gasteiger partial charge in [0.15, 0.2) is 0 Å². The van der Waals surface area contributed by atoms with Crippen LogP contribution < -0.4 is 0 Å². The Hall–Kier alpha value is 0.931. The summed E-state index contributed by atoms with van der Waals surface area (Å²) in [6, 6.07) is 2.97. The van der Waals surface area contributed by atoms with Crippen molar-refractivity contribution in [1.29, 1.82) is 0 Å². The van der Waals surface area contributed by atoms with E-state index in [4.69, 9.17) is 0 Å². The van der Waals surface area contributed by atoms with Crippen molar-refractivity contribution < 1.29 is 21.7 Å². The Bertz CT molecular complexity index is 15.0. The fourth-order valence-electron chi connectivity index (χ4n) is 0.354. The summed E-state index contributed by atoms with van der Waals surface area (Å²) in [7, 11) is 0.432. The molecule has 0 heterocycles. The van der Waals surface area contributed by atoms with Crippen LogP contribution in [0.25, 0.3) is 0 Å². The van der Waals surface area contributed by atoms with Crippen LogP contribution in [0, 0.1) is 0 Å². The van der Waals surface area contributed by atoms with Gasteiger partial charge in [0.25, 0.3) is 0 Å². The molecular weight excluding hydrogens is 124 g/mol. The van der Waals surface area contributed by atoms with Gasteiger partial charge in [-0.2, -0.15) is 0 Å². The molecule has 0 fully saturated rings. The minimum absolute atomic E-state index is 0. The van der Waals surface area contributed by atoms with Gasteiger partial charge < -0.3 is 0 Å². The SMILES string of the molecule is CC[SiH2]CC.[Ti]. The molecule has 0 bridgehead atoms. The summed E-state index contributed by atoms with van der Waals surface area (Å²) in [6.07, 6.45) is 0. The van der Waals surface area contributed by atoms with Crippen LogP contribution in [-0.2, 0) is 21.7 Å². The maximum Gasteiger partial charge on any atom is 0.0192 e. The van der Waals surface area contributed by atoms with Crippen molar-refractivity contribution in [2.45, 2.75) is 25.9 Å². The van der Waals surface area contributed by atoms with Gasteiger partial charge in [-0.15, -0.1) is 0 Å². The second-order valence-electron chi connectivity index (χ2n) is 1.35. The normalized spacial score (nSPS) is 7.00. The van der Waals surface area contributed by atoms with Crippen LogP contribution in [0.4, 0.5) is 0 Å². The van der Waals surface area contributed by atoms with Crippen molar-refractivity contribution in [3.63, 3.8) is 0 Å². The van der Waals surface area contributed by atoms with Crippen molar-refractivity contribution in [2.75, 3.05) is 0 Å². The Morgan fingerprint density at radius 1 is 1.17 bits per heavy atom. The third-order valence-electron chi connectivity index (χ3n) is 0.707. The first-order valence-corrected chi connectivity index (χ1v) is 4.41. The van der Waals surface area contributed by atoms with Crippen LogP contribution in [-0.4, -0.2) is 9.52 Å². The standard InChI is InChI=1S/C4H12Si.Ti/c1-3-5-4-2;/h3-5H2,1-2H3;. The fourth-order valence-corrected chi connectivity index (χ4v) is 1.06. The summed E-state index contributed by atoms with van der Waals surface area (Å²) < 4.78 is 0. The van der Waals surface area contributed by atoms with E-state index in [1.54, 1.807) is 0 Å². The molecule has 0 atom stereocenters. The molecule has 0 spiro atoms. The predicted molar refractivity (Wildman–Crippen MR) is 29.5 cm³/mol. The Labute approximate surface area is 57.4 Å². The summed E-state index contributed by atoms with van der Waals surface area (Å²) in [5.41, 5.74) is 0. The molecule has 6 heavy (non-hydrogen) atoms. The molecule has 0 aromatic carbocycles. The largest absolute Gasteiger partial charge is 0.0683 e. The van der Waals surface area contributed by atoms with Crippen molar-refractivity contribution in [2.24, 2.45) is 0 Å². The van der Waals surface area contributed by atoms with Gasteiger partial charge in [0, 0.05) is 31.2 Å². The summed E-state index contributed by atoms with van der Waals surface area (Å²) >= 11 is 0. The molecule has 0 aliphatic carbocycles. The number of hydrogen-bond donors (Lipinski definition) is 0. The van der Waals surface area contributed by atoms with Crippen LogP contribution in [0.3, 0.4) is 0 Å². The Morgan fingerprint density at radius 3 is 1.50 bits per heavy atom. The fraction of sp³-hybridized carbons (Fsp3) is 1.00. The average Bonchev–Trinajstić information content (AvgIpc) is 1.41. The molecular formula is C4H12SiTi. The van der Waals surface area contributed by atoms with E-state index in [9.17, 15) is 0 Å². The molecule has 0 saturated carbocycles. The Kier molecular flexibility index (Phi) is 15.6. The molecule has 0 aliphatic rings. The van der Waals surface area contributed by atoms with Crippen LogP contribution in [0.15, 0.2) is 0 Å². The maximum atomic E-state index is 2.27. The molecule has 0 unspecified atom stereocenters. The van der Waals surface area contributed by atoms with Gasteiger partial charge >= 0.3 is 0 Å². The summed E-state index contributed by atoms with van der Waals surface area (Å²) in [5.74, 6) is 0. The van der Waals surface area contributed by atoms with E-state index in [1.807, 2.05) is 0 Å². The first-order chi connectivity index (χ1) is 2.41. The molecule has 0 amide bonds. The topological polar surface area (TPSA) is 0 Å². The van der Waals surface area contributed by atoms with Crippen LogP contribution in [0.2, 0.25) is 12.1 Å². The minimum Gasteiger partial charge on any atom is -0.0683 e. The van der Waals surface area contributed by atoms with Crippen LogP contribution in [0.1, 0.15) is 13.8 Å². The quantitative estimate of drug-likeness (QED) is 0.497. The third-order valence-corrected chi connectivity index (χ3v) is 2.12. The van der Waals surface area contributed by atoms with Gasteiger partial charge in [-0.05, 0) is 0 Å². The van der Waals surface area contributed by atoms with E-state index in [2.05, 4.69) is 13.8 Å². The zero-order valence-corrected chi connectivity index (χ0v) is 7.60. The molecule has 0 radical (unpaired) electrons. The van der Waals surface area contributed by atoms with Gasteiger partial charge in [0.2, 0.25) is 0 Å². The zero-order chi connectivity index (χ0) is 4.12. The molecule has 36 valence electrons. The van der Waals surface area contributed by atoms with Crippen LogP contribution >= 0.6 is 0 Å². The summed E-state index contributed by atoms with van der Waals surface area (Å²) in [6.45, 7) is 4.55. The molecule has 2 heteroatoms. The van der Waals surface area contributed by atoms with E-state index in [-0.39, 0.29) is 21.7 Å². The van der Waals surface area contributed by atoms with E-state index in [0.29, 0.717) is 9.52 Å². The van der Waals surface area contributed by atoms with Crippen LogP contribution in [0.5, 0.6) is 0 Å². The number of hydrogen-bond acceptors (Lipinski definition) is 0. The molecule has 0 N–H and O–H groups in total. The first-order valence-electron chi connectivity index (χ1n) is 2.41. The molecule has 0 aromatic heterocycles. The second kappa shape index (κ2) is 9.33. The third kappa shape index (κ3) is 8.87. The van der Waals surface area contributed by atoms with Crippen molar-refractivity contribution in [1.82, 2.24) is 0 Å². The minimum atomic E-state index is 0. The van der Waals surface area contributed by atoms with Gasteiger partial charge in [-0.25, -0.2) is 0 Å².